The minimum atomic E-state index is -3.57. The van der Waals surface area contributed by atoms with Crippen LogP contribution in [0.4, 0.5) is 0 Å². The van der Waals surface area contributed by atoms with Gasteiger partial charge in [-0.25, -0.2) is 13.4 Å². The van der Waals surface area contributed by atoms with E-state index in [0.29, 0.717) is 23.7 Å². The van der Waals surface area contributed by atoms with Crippen LogP contribution in [0.1, 0.15) is 31.7 Å². The Hall–Kier alpha value is -3.04. The third-order valence-corrected chi connectivity index (χ3v) is 7.39. The molecule has 4 rings (SSSR count). The molecule has 1 aromatic heterocycles. The van der Waals surface area contributed by atoms with Gasteiger partial charge in [0.1, 0.15) is 0 Å². The number of aromatic amines is 1. The molecule has 0 spiro atoms. The normalized spacial score (nSPS) is 16.8. The lowest BCUT2D eigenvalue weighted by atomic mass is 9.98. The molecule has 1 N–H and O–H groups in total. The molecule has 1 aliphatic rings. The van der Waals surface area contributed by atoms with Gasteiger partial charge in [-0.2, -0.15) is 4.31 Å². The zero-order valence-electron chi connectivity index (χ0n) is 17.0. The first-order valence-electron chi connectivity index (χ1n) is 10.1. The fourth-order valence-corrected chi connectivity index (χ4v) is 5.19. The third-order valence-electron chi connectivity index (χ3n) is 5.48. The number of aromatic nitrogens is 2. The van der Waals surface area contributed by atoms with E-state index < -0.39 is 28.0 Å². The number of nitrogens with one attached hydrogen (secondary N) is 1. The second-order valence-corrected chi connectivity index (χ2v) is 9.48. The molecule has 2 heterocycles. The van der Waals surface area contributed by atoms with Crippen molar-refractivity contribution in [2.45, 2.75) is 30.8 Å². The summed E-state index contributed by atoms with van der Waals surface area (Å²) in [6.07, 6.45) is 0.0226. The van der Waals surface area contributed by atoms with E-state index >= 15 is 0 Å². The van der Waals surface area contributed by atoms with E-state index in [4.69, 9.17) is 4.74 Å². The smallest absolute Gasteiger partial charge is 0.309 e. The summed E-state index contributed by atoms with van der Waals surface area (Å²) in [5.74, 6) is -0.543. The van der Waals surface area contributed by atoms with Gasteiger partial charge >= 0.3 is 5.97 Å². The number of esters is 1. The molecule has 2 aromatic carbocycles. The number of ether oxygens (including phenoxy) is 1. The Morgan fingerprint density at radius 2 is 1.74 bits per heavy atom. The molecule has 9 heteroatoms. The standard InChI is InChI=1S/C22H23N3O5S/c1-15(20-23-19-10-6-5-9-18(19)21(26)24-20)30-22(27)16-11-13-25(14-12-16)31(28,29)17-7-3-2-4-8-17/h2-10,15-16H,11-14H2,1H3,(H,23,24,26). The first kappa shape index (κ1) is 21.2. The Morgan fingerprint density at radius 3 is 2.45 bits per heavy atom. The Balaban J connectivity index is 1.40. The number of benzene rings is 2. The molecule has 0 radical (unpaired) electrons. The van der Waals surface area contributed by atoms with Crippen molar-refractivity contribution < 1.29 is 17.9 Å². The predicted molar refractivity (Wildman–Crippen MR) is 115 cm³/mol. The van der Waals surface area contributed by atoms with Crippen LogP contribution in [0.25, 0.3) is 10.9 Å². The van der Waals surface area contributed by atoms with Gasteiger partial charge in [-0.1, -0.05) is 30.3 Å². The molecule has 0 aliphatic carbocycles. The lowest BCUT2D eigenvalue weighted by Gasteiger charge is -2.30. The van der Waals surface area contributed by atoms with Gasteiger partial charge in [-0.05, 0) is 44.0 Å². The van der Waals surface area contributed by atoms with Crippen molar-refractivity contribution in [2.75, 3.05) is 13.1 Å². The van der Waals surface area contributed by atoms with Crippen LogP contribution in [-0.4, -0.2) is 41.7 Å². The maximum Gasteiger partial charge on any atom is 0.309 e. The van der Waals surface area contributed by atoms with E-state index in [1.54, 1.807) is 61.5 Å². The molecule has 1 unspecified atom stereocenters. The number of hydrogen-bond acceptors (Lipinski definition) is 6. The molecule has 31 heavy (non-hydrogen) atoms. The van der Waals surface area contributed by atoms with Gasteiger partial charge in [0.05, 0.1) is 21.7 Å². The Labute approximate surface area is 179 Å². The van der Waals surface area contributed by atoms with Crippen molar-refractivity contribution >= 4 is 26.9 Å². The van der Waals surface area contributed by atoms with Crippen LogP contribution in [0, 0.1) is 5.92 Å². The van der Waals surface area contributed by atoms with E-state index in [9.17, 15) is 18.0 Å². The monoisotopic (exact) mass is 441 g/mol. The number of nitrogens with zero attached hydrogens (tertiary/aromatic N) is 2. The van der Waals surface area contributed by atoms with Crippen LogP contribution in [-0.2, 0) is 19.6 Å². The van der Waals surface area contributed by atoms with Gasteiger partial charge in [0.2, 0.25) is 10.0 Å². The largest absolute Gasteiger partial charge is 0.454 e. The molecule has 8 nitrogen and oxygen atoms in total. The first-order valence-corrected chi connectivity index (χ1v) is 11.5. The topological polar surface area (TPSA) is 109 Å². The van der Waals surface area contributed by atoms with Crippen LogP contribution < -0.4 is 5.56 Å². The molecule has 0 bridgehead atoms. The van der Waals surface area contributed by atoms with Crippen LogP contribution in [0.2, 0.25) is 0 Å². The lowest BCUT2D eigenvalue weighted by Crippen LogP contribution is -2.40. The summed E-state index contributed by atoms with van der Waals surface area (Å²) >= 11 is 0. The maximum atomic E-state index is 12.7. The number of hydrogen-bond donors (Lipinski definition) is 1. The van der Waals surface area contributed by atoms with Crippen molar-refractivity contribution in [1.82, 2.24) is 14.3 Å². The molecule has 0 amide bonds. The predicted octanol–water partition coefficient (Wildman–Crippen LogP) is 2.63. The summed E-state index contributed by atoms with van der Waals surface area (Å²) in [4.78, 5) is 32.2. The Kier molecular flexibility index (Phi) is 5.88. The molecule has 1 aliphatic heterocycles. The number of sulfonamides is 1. The molecule has 1 fully saturated rings. The quantitative estimate of drug-likeness (QED) is 0.610. The molecule has 0 saturated carbocycles. The number of para-hydroxylation sites is 1. The fraction of sp³-hybridized carbons (Fsp3) is 0.318. The molecule has 3 aromatic rings. The van der Waals surface area contributed by atoms with Crippen LogP contribution in [0.3, 0.4) is 0 Å². The Morgan fingerprint density at radius 1 is 1.10 bits per heavy atom. The number of carbonyl (C=O) groups excluding carboxylic acids is 1. The summed E-state index contributed by atoms with van der Waals surface area (Å²) in [7, 11) is -3.57. The minimum absolute atomic E-state index is 0.246. The van der Waals surface area contributed by atoms with Crippen molar-refractivity contribution in [3.63, 3.8) is 0 Å². The minimum Gasteiger partial charge on any atom is -0.454 e. The summed E-state index contributed by atoms with van der Waals surface area (Å²) in [6, 6.07) is 15.2. The van der Waals surface area contributed by atoms with E-state index in [-0.39, 0.29) is 29.4 Å². The van der Waals surface area contributed by atoms with Crippen molar-refractivity contribution in [2.24, 2.45) is 5.92 Å². The van der Waals surface area contributed by atoms with Crippen molar-refractivity contribution in [1.29, 1.82) is 0 Å². The highest BCUT2D eigenvalue weighted by atomic mass is 32.2. The average Bonchev–Trinajstić information content (AvgIpc) is 2.79. The van der Waals surface area contributed by atoms with E-state index in [1.807, 2.05) is 0 Å². The second-order valence-electron chi connectivity index (χ2n) is 7.54. The summed E-state index contributed by atoms with van der Waals surface area (Å²) in [6.45, 7) is 2.15. The van der Waals surface area contributed by atoms with Crippen LogP contribution in [0.5, 0.6) is 0 Å². The molecular formula is C22H23N3O5S. The zero-order valence-corrected chi connectivity index (χ0v) is 17.8. The molecule has 162 valence electrons. The highest BCUT2D eigenvalue weighted by Crippen LogP contribution is 2.26. The Bertz CT molecular complexity index is 1250. The number of carbonyl (C=O) groups is 1. The van der Waals surface area contributed by atoms with Gasteiger partial charge in [0, 0.05) is 13.1 Å². The van der Waals surface area contributed by atoms with E-state index in [0.717, 1.165) is 0 Å². The highest BCUT2D eigenvalue weighted by Gasteiger charge is 2.33. The number of H-pyrrole nitrogens is 1. The molecule has 1 saturated heterocycles. The average molecular weight is 442 g/mol. The summed E-state index contributed by atoms with van der Waals surface area (Å²) in [5.41, 5.74) is 0.242. The SMILES string of the molecule is CC(OC(=O)C1CCN(S(=O)(=O)c2ccccc2)CC1)c1nc2ccccc2c(=O)[nH]1. The van der Waals surface area contributed by atoms with Gasteiger partial charge in [0.15, 0.2) is 11.9 Å². The van der Waals surface area contributed by atoms with Crippen molar-refractivity contribution in [3.8, 4) is 0 Å². The lowest BCUT2D eigenvalue weighted by molar-refractivity contribution is -0.155. The van der Waals surface area contributed by atoms with Crippen LogP contribution in [0.15, 0.2) is 64.3 Å². The zero-order chi connectivity index (χ0) is 22.0. The summed E-state index contributed by atoms with van der Waals surface area (Å²) in [5, 5.41) is 0.469. The number of piperidine rings is 1. The number of rotatable bonds is 5. The van der Waals surface area contributed by atoms with Gasteiger partial charge in [-0.15, -0.1) is 0 Å². The maximum absolute atomic E-state index is 12.7. The van der Waals surface area contributed by atoms with Gasteiger partial charge in [0.25, 0.3) is 5.56 Å². The second kappa shape index (κ2) is 8.60. The highest BCUT2D eigenvalue weighted by molar-refractivity contribution is 7.89. The fourth-order valence-electron chi connectivity index (χ4n) is 3.70. The first-order chi connectivity index (χ1) is 14.9. The third kappa shape index (κ3) is 4.38. The summed E-state index contributed by atoms with van der Waals surface area (Å²) < 4.78 is 32.4. The van der Waals surface area contributed by atoms with Crippen LogP contribution >= 0.6 is 0 Å². The van der Waals surface area contributed by atoms with E-state index in [1.165, 1.54) is 4.31 Å². The van der Waals surface area contributed by atoms with Gasteiger partial charge in [-0.3, -0.25) is 9.59 Å². The van der Waals surface area contributed by atoms with Crippen molar-refractivity contribution in [3.05, 3.63) is 70.8 Å². The number of fused-ring (bicyclic) bond motifs is 1. The van der Waals surface area contributed by atoms with Gasteiger partial charge < -0.3 is 9.72 Å². The molecular weight excluding hydrogens is 418 g/mol. The molecule has 1 atom stereocenters. The van der Waals surface area contributed by atoms with E-state index in [2.05, 4.69) is 9.97 Å².